The lowest BCUT2D eigenvalue weighted by atomic mass is 9.86. The van der Waals surface area contributed by atoms with E-state index in [9.17, 15) is 4.79 Å². The monoisotopic (exact) mass is 449 g/mol. The average Bonchev–Trinajstić information content (AvgIpc) is 3.57. The van der Waals surface area contributed by atoms with E-state index in [1.54, 1.807) is 6.21 Å². The molecule has 3 aromatic carbocycles. The first kappa shape index (κ1) is 22.1. The molecule has 4 heteroatoms. The van der Waals surface area contributed by atoms with Crippen LogP contribution in [0, 0.1) is 5.92 Å². The Morgan fingerprint density at radius 2 is 1.71 bits per heavy atom. The Kier molecular flexibility index (Phi) is 5.82. The Hall–Kier alpha value is -3.66. The van der Waals surface area contributed by atoms with Crippen molar-refractivity contribution < 1.29 is 4.79 Å². The maximum atomic E-state index is 12.7. The maximum Gasteiger partial charge on any atom is 0.243 e. The van der Waals surface area contributed by atoms with E-state index in [0.29, 0.717) is 0 Å². The number of benzene rings is 3. The minimum Gasteiger partial charge on any atom is -0.342 e. The number of aromatic nitrogens is 1. The molecule has 1 aliphatic rings. The first-order chi connectivity index (χ1) is 16.4. The van der Waals surface area contributed by atoms with Crippen molar-refractivity contribution in [2.75, 3.05) is 0 Å². The predicted molar refractivity (Wildman–Crippen MR) is 139 cm³/mol. The average molecular weight is 450 g/mol. The Bertz CT molecular complexity index is 1330. The number of fused-ring (bicyclic) bond motifs is 1. The summed E-state index contributed by atoms with van der Waals surface area (Å²) in [7, 11) is 0. The van der Waals surface area contributed by atoms with Crippen LogP contribution in [0.5, 0.6) is 0 Å². The van der Waals surface area contributed by atoms with Crippen molar-refractivity contribution in [1.82, 2.24) is 9.99 Å². The van der Waals surface area contributed by atoms with Crippen molar-refractivity contribution in [3.05, 3.63) is 107 Å². The third-order valence-electron chi connectivity index (χ3n) is 6.73. The lowest BCUT2D eigenvalue weighted by Crippen LogP contribution is -2.20. The lowest BCUT2D eigenvalue weighted by Gasteiger charge is -2.19. The molecule has 172 valence electrons. The highest BCUT2D eigenvalue weighted by atomic mass is 16.2. The van der Waals surface area contributed by atoms with Gasteiger partial charge in [0.15, 0.2) is 0 Å². The molecule has 0 aliphatic heterocycles. The molecule has 1 heterocycles. The minimum atomic E-state index is -0.00540. The van der Waals surface area contributed by atoms with Crippen LogP contribution in [0.4, 0.5) is 0 Å². The molecule has 1 fully saturated rings. The highest BCUT2D eigenvalue weighted by Gasteiger charge is 2.44. The van der Waals surface area contributed by atoms with Crippen LogP contribution >= 0.6 is 0 Å². The molecule has 5 rings (SSSR count). The second-order valence-corrected chi connectivity index (χ2v) is 10.3. The summed E-state index contributed by atoms with van der Waals surface area (Å²) < 4.78 is 2.23. The van der Waals surface area contributed by atoms with Crippen LogP contribution in [-0.4, -0.2) is 16.7 Å². The molecule has 1 saturated carbocycles. The van der Waals surface area contributed by atoms with Crippen molar-refractivity contribution >= 4 is 23.0 Å². The summed E-state index contributed by atoms with van der Waals surface area (Å²) in [6.07, 6.45) is 4.74. The number of para-hydroxylation sites is 1. The number of rotatable bonds is 6. The van der Waals surface area contributed by atoms with Gasteiger partial charge in [-0.1, -0.05) is 93.6 Å². The first-order valence-electron chi connectivity index (χ1n) is 12.0. The molecule has 4 nitrogen and oxygen atoms in total. The highest BCUT2D eigenvalue weighted by Crippen LogP contribution is 2.47. The smallest absolute Gasteiger partial charge is 0.243 e. The van der Waals surface area contributed by atoms with Gasteiger partial charge in [0.05, 0.1) is 6.21 Å². The second kappa shape index (κ2) is 8.94. The maximum absolute atomic E-state index is 12.7. The molecule has 34 heavy (non-hydrogen) atoms. The molecule has 0 spiro atoms. The van der Waals surface area contributed by atoms with Gasteiger partial charge >= 0.3 is 0 Å². The quantitative estimate of drug-likeness (QED) is 0.275. The molecule has 1 N–H and O–H groups in total. The van der Waals surface area contributed by atoms with Gasteiger partial charge in [-0.3, -0.25) is 4.79 Å². The second-order valence-electron chi connectivity index (χ2n) is 10.3. The van der Waals surface area contributed by atoms with E-state index in [-0.39, 0.29) is 23.2 Å². The summed E-state index contributed by atoms with van der Waals surface area (Å²) in [4.78, 5) is 12.7. The topological polar surface area (TPSA) is 46.4 Å². The van der Waals surface area contributed by atoms with Gasteiger partial charge in [0.25, 0.3) is 0 Å². The van der Waals surface area contributed by atoms with Gasteiger partial charge in [-0.2, -0.15) is 5.10 Å². The van der Waals surface area contributed by atoms with Gasteiger partial charge in [0.1, 0.15) is 0 Å². The van der Waals surface area contributed by atoms with E-state index in [1.807, 2.05) is 18.2 Å². The Morgan fingerprint density at radius 1 is 1.00 bits per heavy atom. The SMILES string of the molecule is CC(C)(C)c1ccc([C@H]2C[C@H]2C(=O)N/N=C\c2cn(Cc3ccccc3)c3ccccc23)cc1. The van der Waals surface area contributed by atoms with Gasteiger partial charge in [0, 0.05) is 35.1 Å². The number of nitrogens with one attached hydrogen (secondary N) is 1. The standard InChI is InChI=1S/C30H31N3O/c1-30(2,3)24-15-13-22(14-16-24)26-17-27(26)29(34)32-31-18-23-20-33(19-21-9-5-4-6-10-21)28-12-8-7-11-25(23)28/h4-16,18,20,26-27H,17,19H2,1-3H3,(H,32,34)/b31-18-/t26-,27-/m1/s1. The number of nitrogens with zero attached hydrogens (tertiary/aromatic N) is 2. The van der Waals surface area contributed by atoms with E-state index in [4.69, 9.17) is 0 Å². The van der Waals surface area contributed by atoms with Crippen molar-refractivity contribution in [2.45, 2.75) is 45.1 Å². The van der Waals surface area contributed by atoms with Crippen LogP contribution < -0.4 is 5.43 Å². The van der Waals surface area contributed by atoms with Gasteiger partial charge in [-0.05, 0) is 40.5 Å². The number of hydrazone groups is 1. The summed E-state index contributed by atoms with van der Waals surface area (Å²) in [5.74, 6) is 0.281. The molecule has 1 aliphatic carbocycles. The summed E-state index contributed by atoms with van der Waals surface area (Å²) >= 11 is 0. The Morgan fingerprint density at radius 3 is 2.44 bits per heavy atom. The van der Waals surface area contributed by atoms with Gasteiger partial charge in [0.2, 0.25) is 5.91 Å². The molecule has 0 unspecified atom stereocenters. The van der Waals surface area contributed by atoms with Gasteiger partial charge in [-0.25, -0.2) is 5.43 Å². The fourth-order valence-corrected chi connectivity index (χ4v) is 4.62. The zero-order valence-corrected chi connectivity index (χ0v) is 20.0. The molecular weight excluding hydrogens is 418 g/mol. The first-order valence-corrected chi connectivity index (χ1v) is 12.0. The normalized spacial score (nSPS) is 17.9. The molecule has 2 atom stereocenters. The Labute approximate surface area is 201 Å². The third kappa shape index (κ3) is 4.67. The van der Waals surface area contributed by atoms with Crippen LogP contribution in [0.15, 0.2) is 90.2 Å². The van der Waals surface area contributed by atoms with Gasteiger partial charge in [-0.15, -0.1) is 0 Å². The number of amides is 1. The molecule has 1 aromatic heterocycles. The number of carbonyl (C=O) groups is 1. The molecule has 0 bridgehead atoms. The van der Waals surface area contributed by atoms with E-state index in [2.05, 4.69) is 103 Å². The van der Waals surface area contributed by atoms with E-state index < -0.39 is 0 Å². The van der Waals surface area contributed by atoms with E-state index in [1.165, 1.54) is 16.7 Å². The van der Waals surface area contributed by atoms with Crippen molar-refractivity contribution in [3.8, 4) is 0 Å². The van der Waals surface area contributed by atoms with Crippen LogP contribution in [0.25, 0.3) is 10.9 Å². The molecular formula is C30H31N3O. The molecule has 1 amide bonds. The molecule has 4 aromatic rings. The zero-order chi connectivity index (χ0) is 23.7. The number of carbonyl (C=O) groups excluding carboxylic acids is 1. The minimum absolute atomic E-state index is 0.00272. The zero-order valence-electron chi connectivity index (χ0n) is 20.0. The Balaban J connectivity index is 1.25. The van der Waals surface area contributed by atoms with Crippen molar-refractivity contribution in [2.24, 2.45) is 11.0 Å². The van der Waals surface area contributed by atoms with Crippen LogP contribution in [0.2, 0.25) is 0 Å². The van der Waals surface area contributed by atoms with Gasteiger partial charge < -0.3 is 4.57 Å². The summed E-state index contributed by atoms with van der Waals surface area (Å²) in [6, 6.07) is 27.4. The largest absolute Gasteiger partial charge is 0.342 e. The predicted octanol–water partition coefficient (Wildman–Crippen LogP) is 6.24. The van der Waals surface area contributed by atoms with Crippen LogP contribution in [0.1, 0.15) is 55.4 Å². The number of hydrogen-bond donors (Lipinski definition) is 1. The summed E-state index contributed by atoms with van der Waals surface area (Å²) in [6.45, 7) is 7.44. The number of hydrogen-bond acceptors (Lipinski definition) is 2. The summed E-state index contributed by atoms with van der Waals surface area (Å²) in [5.41, 5.74) is 8.86. The third-order valence-corrected chi connectivity index (χ3v) is 6.73. The van der Waals surface area contributed by atoms with E-state index >= 15 is 0 Å². The summed E-state index contributed by atoms with van der Waals surface area (Å²) in [5, 5.41) is 5.43. The van der Waals surface area contributed by atoms with Crippen LogP contribution in [-0.2, 0) is 16.8 Å². The highest BCUT2D eigenvalue weighted by molar-refractivity contribution is 5.99. The fraction of sp³-hybridized carbons (Fsp3) is 0.267. The van der Waals surface area contributed by atoms with E-state index in [0.717, 1.165) is 29.4 Å². The molecule has 0 saturated heterocycles. The molecule has 0 radical (unpaired) electrons. The van der Waals surface area contributed by atoms with Crippen LogP contribution in [0.3, 0.4) is 0 Å². The fourth-order valence-electron chi connectivity index (χ4n) is 4.62. The lowest BCUT2D eigenvalue weighted by molar-refractivity contribution is -0.122. The van der Waals surface area contributed by atoms with Crippen molar-refractivity contribution in [1.29, 1.82) is 0 Å². The van der Waals surface area contributed by atoms with Crippen molar-refractivity contribution in [3.63, 3.8) is 0 Å².